The van der Waals surface area contributed by atoms with E-state index in [4.69, 9.17) is 9.84 Å². The number of alkyl halides is 2. The number of rotatable bonds is 3. The lowest BCUT2D eigenvalue weighted by molar-refractivity contribution is -0.165. The fourth-order valence-corrected chi connectivity index (χ4v) is 2.15. The smallest absolute Gasteiger partial charge is 0.413 e. The average Bonchev–Trinajstić information content (AvgIpc) is 2.56. The summed E-state index contributed by atoms with van der Waals surface area (Å²) < 4.78 is 31.7. The zero-order valence-electron chi connectivity index (χ0n) is 11.3. The van der Waals surface area contributed by atoms with E-state index in [1.807, 2.05) is 0 Å². The first-order chi connectivity index (χ1) is 8.93. The number of carboxylic acid groups (broad SMARTS) is 1. The maximum absolute atomic E-state index is 13.4. The number of hydrogen-bond acceptors (Lipinski definition) is 5. The van der Waals surface area contributed by atoms with Crippen molar-refractivity contribution >= 4 is 28.5 Å². The van der Waals surface area contributed by atoms with Crippen molar-refractivity contribution in [2.45, 2.75) is 39.2 Å². The van der Waals surface area contributed by atoms with Crippen LogP contribution >= 0.6 is 11.3 Å². The van der Waals surface area contributed by atoms with Gasteiger partial charge < -0.3 is 9.84 Å². The molecule has 0 aliphatic heterocycles. The Morgan fingerprint density at radius 2 is 1.90 bits per heavy atom. The number of thiazole rings is 1. The first-order valence-corrected chi connectivity index (χ1v) is 6.34. The number of carbonyl (C=O) groups is 2. The molecule has 1 aromatic rings. The van der Waals surface area contributed by atoms with Crippen LogP contribution in [-0.4, -0.2) is 27.8 Å². The standard InChI is InChI=1S/C11H14F2N2O4S/c1-5-6(11(12,13)7(16)17)20-8(14-5)15-9(18)19-10(2,3)4/h1-4H3,(H,16,17)(H,14,15,18). The van der Waals surface area contributed by atoms with Crippen LogP contribution < -0.4 is 5.32 Å². The molecule has 0 bridgehead atoms. The second kappa shape index (κ2) is 5.31. The number of nitrogens with one attached hydrogen (secondary N) is 1. The molecule has 1 aromatic heterocycles. The zero-order valence-corrected chi connectivity index (χ0v) is 12.1. The normalized spacial score (nSPS) is 12.1. The van der Waals surface area contributed by atoms with Crippen LogP contribution in [0.4, 0.5) is 18.7 Å². The van der Waals surface area contributed by atoms with Crippen LogP contribution in [0.2, 0.25) is 0 Å². The second-order valence-corrected chi connectivity index (χ2v) is 5.94. The van der Waals surface area contributed by atoms with Gasteiger partial charge in [0.1, 0.15) is 10.5 Å². The average molecular weight is 308 g/mol. The third-order valence-corrected chi connectivity index (χ3v) is 3.10. The summed E-state index contributed by atoms with van der Waals surface area (Å²) in [6.07, 6.45) is -0.851. The van der Waals surface area contributed by atoms with Gasteiger partial charge in [-0.05, 0) is 27.7 Å². The Morgan fingerprint density at radius 1 is 1.35 bits per heavy atom. The fourth-order valence-electron chi connectivity index (χ4n) is 1.23. The predicted octanol–water partition coefficient (Wildman–Crippen LogP) is 2.97. The van der Waals surface area contributed by atoms with Crippen LogP contribution in [0.5, 0.6) is 0 Å². The van der Waals surface area contributed by atoms with E-state index < -0.39 is 28.5 Å². The van der Waals surface area contributed by atoms with E-state index in [1.165, 1.54) is 6.92 Å². The number of carbonyl (C=O) groups excluding carboxylic acids is 1. The van der Waals surface area contributed by atoms with Gasteiger partial charge in [0.15, 0.2) is 5.13 Å². The van der Waals surface area contributed by atoms with Crippen LogP contribution in [0.1, 0.15) is 31.3 Å². The summed E-state index contributed by atoms with van der Waals surface area (Å²) in [6.45, 7) is 6.17. The summed E-state index contributed by atoms with van der Waals surface area (Å²) in [6, 6.07) is 0. The summed E-state index contributed by atoms with van der Waals surface area (Å²) >= 11 is 0.395. The van der Waals surface area contributed by atoms with Crippen LogP contribution in [-0.2, 0) is 15.5 Å². The van der Waals surface area contributed by atoms with Gasteiger partial charge in [-0.15, -0.1) is 0 Å². The van der Waals surface area contributed by atoms with E-state index in [0.29, 0.717) is 11.3 Å². The molecule has 112 valence electrons. The summed E-state index contributed by atoms with van der Waals surface area (Å²) in [7, 11) is 0. The quantitative estimate of drug-likeness (QED) is 0.896. The van der Waals surface area contributed by atoms with Gasteiger partial charge in [-0.3, -0.25) is 5.32 Å². The van der Waals surface area contributed by atoms with Crippen molar-refractivity contribution in [1.29, 1.82) is 0 Å². The lowest BCUT2D eigenvalue weighted by atomic mass is 10.2. The Hall–Kier alpha value is -1.77. The Bertz CT molecular complexity index is 537. The number of aromatic nitrogens is 1. The summed E-state index contributed by atoms with van der Waals surface area (Å²) in [5.74, 6) is -6.32. The minimum Gasteiger partial charge on any atom is -0.477 e. The maximum atomic E-state index is 13.4. The predicted molar refractivity (Wildman–Crippen MR) is 68.2 cm³/mol. The molecule has 1 heterocycles. The number of aryl methyl sites for hydroxylation is 1. The van der Waals surface area contributed by atoms with Gasteiger partial charge in [-0.2, -0.15) is 8.78 Å². The van der Waals surface area contributed by atoms with Crippen molar-refractivity contribution in [3.63, 3.8) is 0 Å². The van der Waals surface area contributed by atoms with Gasteiger partial charge in [0.25, 0.3) is 0 Å². The molecule has 0 radical (unpaired) electrons. The molecule has 0 saturated heterocycles. The molecule has 0 saturated carbocycles. The van der Waals surface area contributed by atoms with Crippen molar-refractivity contribution in [3.8, 4) is 0 Å². The topological polar surface area (TPSA) is 88.5 Å². The monoisotopic (exact) mass is 308 g/mol. The van der Waals surface area contributed by atoms with Crippen molar-refractivity contribution in [2.24, 2.45) is 0 Å². The third-order valence-electron chi connectivity index (χ3n) is 1.96. The summed E-state index contributed by atoms with van der Waals surface area (Å²) in [5, 5.41) is 10.5. The van der Waals surface area contributed by atoms with Crippen LogP contribution in [0.25, 0.3) is 0 Å². The number of halogens is 2. The molecule has 0 aliphatic rings. The molecule has 0 atom stereocenters. The Labute approximate surface area is 117 Å². The number of hydrogen-bond donors (Lipinski definition) is 2. The first kappa shape index (κ1) is 16.3. The first-order valence-electron chi connectivity index (χ1n) is 5.52. The van der Waals surface area contributed by atoms with Gasteiger partial charge in [-0.25, -0.2) is 14.6 Å². The summed E-state index contributed by atoms with van der Waals surface area (Å²) in [4.78, 5) is 24.9. The number of amides is 1. The van der Waals surface area contributed by atoms with E-state index in [0.717, 1.165) is 0 Å². The van der Waals surface area contributed by atoms with Crippen molar-refractivity contribution in [1.82, 2.24) is 4.98 Å². The molecular formula is C11H14F2N2O4S. The molecule has 1 amide bonds. The Balaban J connectivity index is 2.91. The van der Waals surface area contributed by atoms with Gasteiger partial charge in [0.2, 0.25) is 0 Å². The lowest BCUT2D eigenvalue weighted by Crippen LogP contribution is -2.27. The van der Waals surface area contributed by atoms with Crippen LogP contribution in [0, 0.1) is 6.92 Å². The molecule has 0 unspecified atom stereocenters. The largest absolute Gasteiger partial charge is 0.477 e. The zero-order chi connectivity index (χ0) is 15.7. The molecule has 0 spiro atoms. The number of anilines is 1. The molecule has 9 heteroatoms. The van der Waals surface area contributed by atoms with Crippen molar-refractivity contribution < 1.29 is 28.2 Å². The van der Waals surface area contributed by atoms with E-state index in [-0.39, 0.29) is 10.8 Å². The Kier molecular flexibility index (Phi) is 4.33. The van der Waals surface area contributed by atoms with E-state index in [2.05, 4.69) is 10.3 Å². The molecule has 6 nitrogen and oxygen atoms in total. The SMILES string of the molecule is Cc1nc(NC(=O)OC(C)(C)C)sc1C(F)(F)C(=O)O. The van der Waals surface area contributed by atoms with Crippen LogP contribution in [0.15, 0.2) is 0 Å². The highest BCUT2D eigenvalue weighted by atomic mass is 32.1. The van der Waals surface area contributed by atoms with Gasteiger partial charge in [0.05, 0.1) is 5.69 Å². The minimum atomic E-state index is -4.05. The van der Waals surface area contributed by atoms with Gasteiger partial charge in [-0.1, -0.05) is 11.3 Å². The highest BCUT2D eigenvalue weighted by Gasteiger charge is 2.44. The molecule has 1 rings (SSSR count). The third kappa shape index (κ3) is 3.86. The minimum absolute atomic E-state index is 0.146. The van der Waals surface area contributed by atoms with Crippen molar-refractivity contribution in [2.75, 3.05) is 5.32 Å². The molecule has 2 N–H and O–H groups in total. The fraction of sp³-hybridized carbons (Fsp3) is 0.545. The molecule has 0 fully saturated rings. The number of aliphatic carboxylic acids is 1. The summed E-state index contributed by atoms with van der Waals surface area (Å²) in [5.41, 5.74) is -0.905. The van der Waals surface area contributed by atoms with Crippen molar-refractivity contribution in [3.05, 3.63) is 10.6 Å². The number of ether oxygens (including phenoxy) is 1. The van der Waals surface area contributed by atoms with E-state index in [9.17, 15) is 18.4 Å². The molecular weight excluding hydrogens is 294 g/mol. The second-order valence-electron chi connectivity index (χ2n) is 4.94. The highest BCUT2D eigenvalue weighted by Crippen LogP contribution is 2.37. The molecule has 0 aromatic carbocycles. The van der Waals surface area contributed by atoms with Crippen LogP contribution in [0.3, 0.4) is 0 Å². The van der Waals surface area contributed by atoms with E-state index >= 15 is 0 Å². The van der Waals surface area contributed by atoms with E-state index in [1.54, 1.807) is 20.8 Å². The lowest BCUT2D eigenvalue weighted by Gasteiger charge is -2.18. The molecule has 0 aliphatic carbocycles. The molecule has 20 heavy (non-hydrogen) atoms. The van der Waals surface area contributed by atoms with Gasteiger partial charge >= 0.3 is 18.0 Å². The Morgan fingerprint density at radius 3 is 2.35 bits per heavy atom. The number of carboxylic acids is 1. The maximum Gasteiger partial charge on any atom is 0.413 e. The highest BCUT2D eigenvalue weighted by molar-refractivity contribution is 7.16. The van der Waals surface area contributed by atoms with Gasteiger partial charge in [0, 0.05) is 0 Å². The number of nitrogens with zero attached hydrogens (tertiary/aromatic N) is 1.